The summed E-state index contributed by atoms with van der Waals surface area (Å²) in [4.78, 5) is 10.3. The van der Waals surface area contributed by atoms with Gasteiger partial charge in [0.15, 0.2) is 0 Å². The highest BCUT2D eigenvalue weighted by atomic mass is 28.3. The number of carbonyl (C=O) groups excluding carboxylic acids is 1. The number of primary amides is 1. The molecule has 0 aromatic heterocycles. The fourth-order valence-corrected chi connectivity index (χ4v) is 2.03. The van der Waals surface area contributed by atoms with Gasteiger partial charge in [0.25, 0.3) is 0 Å². The van der Waals surface area contributed by atoms with Gasteiger partial charge in [-0.15, -0.1) is 0 Å². The highest BCUT2D eigenvalue weighted by Gasteiger charge is 2.12. The maximum Gasteiger partial charge on any atom is 0.404 e. The van der Waals surface area contributed by atoms with Gasteiger partial charge in [-0.3, -0.25) is 0 Å². The molecular weight excluding hydrogens is 208 g/mol. The third kappa shape index (κ3) is 11.4. The zero-order chi connectivity index (χ0) is 11.9. The molecule has 0 unspecified atom stereocenters. The van der Waals surface area contributed by atoms with E-state index in [1.807, 2.05) is 0 Å². The largest absolute Gasteiger partial charge is 0.450 e. The predicted molar refractivity (Wildman–Crippen MR) is 65.8 cm³/mol. The van der Waals surface area contributed by atoms with Crippen LogP contribution in [-0.2, 0) is 4.74 Å². The van der Waals surface area contributed by atoms with Crippen molar-refractivity contribution in [3.8, 4) is 0 Å². The lowest BCUT2D eigenvalue weighted by Crippen LogP contribution is -2.33. The Bertz CT molecular complexity index is 192. The lowest BCUT2D eigenvalue weighted by Gasteiger charge is -2.18. The van der Waals surface area contributed by atoms with Crippen molar-refractivity contribution in [3.05, 3.63) is 0 Å². The van der Waals surface area contributed by atoms with Gasteiger partial charge in [0.1, 0.15) is 0 Å². The van der Waals surface area contributed by atoms with Gasteiger partial charge in [-0.1, -0.05) is 19.6 Å². The SMILES string of the molecule is C[C@@H](CCOC(N)=O)NCC[Si](C)(C)C. The van der Waals surface area contributed by atoms with E-state index in [4.69, 9.17) is 5.73 Å². The number of hydrogen-bond acceptors (Lipinski definition) is 3. The molecule has 0 rings (SSSR count). The van der Waals surface area contributed by atoms with Gasteiger partial charge in [-0.05, 0) is 25.9 Å². The number of nitrogens with two attached hydrogens (primary N) is 1. The minimum Gasteiger partial charge on any atom is -0.450 e. The molecule has 0 radical (unpaired) electrons. The lowest BCUT2D eigenvalue weighted by atomic mass is 10.2. The molecule has 0 saturated carbocycles. The first kappa shape index (κ1) is 14.4. The number of rotatable bonds is 7. The summed E-state index contributed by atoms with van der Waals surface area (Å²) in [6.45, 7) is 10.6. The van der Waals surface area contributed by atoms with Crippen LogP contribution in [-0.4, -0.2) is 33.4 Å². The zero-order valence-electron chi connectivity index (χ0n) is 10.3. The highest BCUT2D eigenvalue weighted by molar-refractivity contribution is 6.76. The van der Waals surface area contributed by atoms with Crippen LogP contribution in [0.15, 0.2) is 0 Å². The second-order valence-corrected chi connectivity index (χ2v) is 10.7. The first-order chi connectivity index (χ1) is 6.81. The highest BCUT2D eigenvalue weighted by Crippen LogP contribution is 2.06. The van der Waals surface area contributed by atoms with Crippen LogP contribution in [0.25, 0.3) is 0 Å². The van der Waals surface area contributed by atoms with Crippen molar-refractivity contribution in [1.82, 2.24) is 5.32 Å². The third-order valence-electron chi connectivity index (χ3n) is 2.16. The molecule has 4 nitrogen and oxygen atoms in total. The molecule has 0 aliphatic heterocycles. The summed E-state index contributed by atoms with van der Waals surface area (Å²) >= 11 is 0. The van der Waals surface area contributed by atoms with Crippen LogP contribution in [0.3, 0.4) is 0 Å². The van der Waals surface area contributed by atoms with E-state index in [0.29, 0.717) is 12.6 Å². The quantitative estimate of drug-likeness (QED) is 0.658. The average molecular weight is 232 g/mol. The van der Waals surface area contributed by atoms with E-state index >= 15 is 0 Å². The molecule has 1 amide bonds. The second kappa shape index (κ2) is 6.84. The lowest BCUT2D eigenvalue weighted by molar-refractivity contribution is 0.152. The Morgan fingerprint density at radius 1 is 1.47 bits per heavy atom. The van der Waals surface area contributed by atoms with E-state index < -0.39 is 14.2 Å². The van der Waals surface area contributed by atoms with E-state index in [0.717, 1.165) is 13.0 Å². The smallest absolute Gasteiger partial charge is 0.404 e. The van der Waals surface area contributed by atoms with Gasteiger partial charge in [0.2, 0.25) is 0 Å². The first-order valence-electron chi connectivity index (χ1n) is 5.47. The number of amides is 1. The maximum atomic E-state index is 10.3. The van der Waals surface area contributed by atoms with Crippen LogP contribution in [0.4, 0.5) is 4.79 Å². The van der Waals surface area contributed by atoms with Crippen LogP contribution in [0, 0.1) is 0 Å². The molecule has 3 N–H and O–H groups in total. The van der Waals surface area contributed by atoms with Crippen LogP contribution in [0.5, 0.6) is 0 Å². The summed E-state index contributed by atoms with van der Waals surface area (Å²) in [5.41, 5.74) is 4.86. The van der Waals surface area contributed by atoms with Crippen molar-refractivity contribution >= 4 is 14.2 Å². The van der Waals surface area contributed by atoms with E-state index in [1.54, 1.807) is 0 Å². The van der Waals surface area contributed by atoms with Gasteiger partial charge < -0.3 is 15.8 Å². The summed E-state index contributed by atoms with van der Waals surface area (Å²) in [7, 11) is -0.941. The number of carbonyl (C=O) groups is 1. The van der Waals surface area contributed by atoms with E-state index in [2.05, 4.69) is 36.6 Å². The molecule has 0 aromatic carbocycles. The van der Waals surface area contributed by atoms with Crippen LogP contribution in [0.1, 0.15) is 13.3 Å². The monoisotopic (exact) mass is 232 g/mol. The van der Waals surface area contributed by atoms with Gasteiger partial charge in [0, 0.05) is 14.1 Å². The number of hydrogen-bond donors (Lipinski definition) is 2. The Hall–Kier alpha value is -0.553. The summed E-state index contributed by atoms with van der Waals surface area (Å²) in [5, 5.41) is 3.42. The fourth-order valence-electron chi connectivity index (χ4n) is 1.13. The van der Waals surface area contributed by atoms with E-state index in [1.165, 1.54) is 6.04 Å². The molecule has 90 valence electrons. The summed E-state index contributed by atoms with van der Waals surface area (Å²) in [6.07, 6.45) is 0.124. The zero-order valence-corrected chi connectivity index (χ0v) is 11.3. The van der Waals surface area contributed by atoms with Crippen molar-refractivity contribution in [2.24, 2.45) is 5.73 Å². The van der Waals surface area contributed by atoms with Gasteiger partial charge in [-0.25, -0.2) is 4.79 Å². The van der Waals surface area contributed by atoms with Crippen LogP contribution >= 0.6 is 0 Å². The van der Waals surface area contributed by atoms with Crippen molar-refractivity contribution in [2.75, 3.05) is 13.2 Å². The van der Waals surface area contributed by atoms with Crippen molar-refractivity contribution in [3.63, 3.8) is 0 Å². The maximum absolute atomic E-state index is 10.3. The molecule has 1 atom stereocenters. The standard InChI is InChI=1S/C10H24N2O2Si/c1-9(5-7-14-10(11)13)12-6-8-15(2,3)4/h9,12H,5-8H2,1-4H3,(H2,11,13)/t9-/m0/s1. The van der Waals surface area contributed by atoms with Crippen molar-refractivity contribution in [1.29, 1.82) is 0 Å². The topological polar surface area (TPSA) is 64.3 Å². The first-order valence-corrected chi connectivity index (χ1v) is 9.17. The second-order valence-electron chi connectivity index (χ2n) is 5.12. The summed E-state index contributed by atoms with van der Waals surface area (Å²) in [6, 6.07) is 1.65. The Balaban J connectivity index is 3.41. The number of ether oxygens (including phenoxy) is 1. The normalized spacial score (nSPS) is 13.6. The van der Waals surface area contributed by atoms with Gasteiger partial charge in [0.05, 0.1) is 6.61 Å². The fraction of sp³-hybridized carbons (Fsp3) is 0.900. The minimum atomic E-state index is -0.941. The van der Waals surface area contributed by atoms with Gasteiger partial charge >= 0.3 is 6.09 Å². The molecule has 5 heteroatoms. The predicted octanol–water partition coefficient (Wildman–Crippen LogP) is 1.79. The van der Waals surface area contributed by atoms with E-state index in [-0.39, 0.29) is 0 Å². The Kier molecular flexibility index (Phi) is 6.59. The molecule has 0 saturated heterocycles. The molecular formula is C10H24N2O2Si. The van der Waals surface area contributed by atoms with Crippen LogP contribution < -0.4 is 11.1 Å². The Morgan fingerprint density at radius 3 is 2.53 bits per heavy atom. The molecule has 0 aromatic rings. The van der Waals surface area contributed by atoms with Crippen LogP contribution in [0.2, 0.25) is 25.7 Å². The Morgan fingerprint density at radius 2 is 2.07 bits per heavy atom. The molecule has 0 bridgehead atoms. The van der Waals surface area contributed by atoms with Crippen molar-refractivity contribution in [2.45, 2.75) is 45.1 Å². The van der Waals surface area contributed by atoms with E-state index in [9.17, 15) is 4.79 Å². The average Bonchev–Trinajstić information content (AvgIpc) is 2.00. The molecule has 0 aliphatic rings. The number of nitrogens with one attached hydrogen (secondary N) is 1. The molecule has 0 heterocycles. The minimum absolute atomic E-state index is 0.376. The molecule has 0 fully saturated rings. The molecule has 0 aliphatic carbocycles. The summed E-state index contributed by atoms with van der Waals surface area (Å²) < 4.78 is 4.67. The molecule has 15 heavy (non-hydrogen) atoms. The third-order valence-corrected chi connectivity index (χ3v) is 3.91. The van der Waals surface area contributed by atoms with Gasteiger partial charge in [-0.2, -0.15) is 0 Å². The Labute approximate surface area is 93.6 Å². The molecule has 0 spiro atoms. The summed E-state index contributed by atoms with van der Waals surface area (Å²) in [5.74, 6) is 0. The van der Waals surface area contributed by atoms with Crippen molar-refractivity contribution < 1.29 is 9.53 Å².